The van der Waals surface area contributed by atoms with Crippen molar-refractivity contribution < 1.29 is 13.6 Å². The van der Waals surface area contributed by atoms with Crippen LogP contribution in [0, 0.1) is 13.8 Å². The molecule has 1 amide bonds. The van der Waals surface area contributed by atoms with Crippen molar-refractivity contribution in [3.63, 3.8) is 0 Å². The van der Waals surface area contributed by atoms with E-state index in [4.69, 9.17) is 0 Å². The molecular weight excluding hydrogens is 384 g/mol. The van der Waals surface area contributed by atoms with Crippen molar-refractivity contribution in [2.75, 3.05) is 18.0 Å². The standard InChI is InChI=1S/C24H25F2N3O/c1-15-6-5-7-20(16(15)2)29-21-12-17(18-10-11-27-13-24(18,25)26)8-9-19(21)23(3,4)22(29)28-14-30/h5-10,12,14,27H,11,13H2,1-4H3. The first kappa shape index (κ1) is 20.4. The Morgan fingerprint density at radius 3 is 2.60 bits per heavy atom. The number of hydrogen-bond donors (Lipinski definition) is 1. The van der Waals surface area contributed by atoms with Crippen LogP contribution in [-0.2, 0) is 10.2 Å². The second-order valence-corrected chi connectivity index (χ2v) is 8.42. The van der Waals surface area contributed by atoms with Crippen LogP contribution in [0.25, 0.3) is 5.57 Å². The van der Waals surface area contributed by atoms with Gasteiger partial charge in [0.2, 0.25) is 6.41 Å². The van der Waals surface area contributed by atoms with Gasteiger partial charge in [-0.15, -0.1) is 0 Å². The summed E-state index contributed by atoms with van der Waals surface area (Å²) in [7, 11) is 0. The molecule has 0 aromatic heterocycles. The van der Waals surface area contributed by atoms with Crippen molar-refractivity contribution in [2.24, 2.45) is 4.99 Å². The van der Waals surface area contributed by atoms with Crippen LogP contribution in [0.5, 0.6) is 0 Å². The Labute approximate surface area is 175 Å². The molecule has 4 nitrogen and oxygen atoms in total. The third-order valence-electron chi connectivity index (χ3n) is 6.18. The van der Waals surface area contributed by atoms with E-state index < -0.39 is 11.3 Å². The quantitative estimate of drug-likeness (QED) is 0.733. The molecule has 0 radical (unpaired) electrons. The highest BCUT2D eigenvalue weighted by atomic mass is 19.3. The summed E-state index contributed by atoms with van der Waals surface area (Å²) in [6.45, 7) is 8.07. The van der Waals surface area contributed by atoms with Gasteiger partial charge < -0.3 is 5.32 Å². The number of aryl methyl sites for hydroxylation is 1. The zero-order chi connectivity index (χ0) is 21.7. The number of nitrogens with one attached hydrogen (secondary N) is 1. The molecule has 0 aliphatic carbocycles. The van der Waals surface area contributed by atoms with E-state index in [2.05, 4.69) is 10.3 Å². The minimum Gasteiger partial charge on any atom is -0.307 e. The monoisotopic (exact) mass is 409 g/mol. The summed E-state index contributed by atoms with van der Waals surface area (Å²) in [5.74, 6) is -2.35. The molecule has 2 aromatic rings. The zero-order valence-corrected chi connectivity index (χ0v) is 17.6. The van der Waals surface area contributed by atoms with Crippen molar-refractivity contribution in [1.82, 2.24) is 5.32 Å². The summed E-state index contributed by atoms with van der Waals surface area (Å²) in [6, 6.07) is 11.4. The number of halogens is 2. The first-order valence-electron chi connectivity index (χ1n) is 10.0. The third-order valence-corrected chi connectivity index (χ3v) is 6.18. The van der Waals surface area contributed by atoms with Gasteiger partial charge in [0.15, 0.2) is 0 Å². The lowest BCUT2D eigenvalue weighted by Gasteiger charge is -2.27. The van der Waals surface area contributed by atoms with E-state index >= 15 is 0 Å². The van der Waals surface area contributed by atoms with Gasteiger partial charge in [-0.2, -0.15) is 8.78 Å². The first-order chi connectivity index (χ1) is 14.2. The molecule has 6 heteroatoms. The van der Waals surface area contributed by atoms with E-state index in [1.807, 2.05) is 56.9 Å². The minimum atomic E-state index is -2.94. The van der Waals surface area contributed by atoms with Crippen LogP contribution >= 0.6 is 0 Å². The molecule has 0 saturated heterocycles. The first-order valence-corrected chi connectivity index (χ1v) is 10.0. The Hall–Kier alpha value is -2.86. The number of nitrogens with zero attached hydrogens (tertiary/aromatic N) is 2. The van der Waals surface area contributed by atoms with E-state index in [-0.39, 0.29) is 12.1 Å². The molecule has 0 atom stereocenters. The van der Waals surface area contributed by atoms with Gasteiger partial charge in [0, 0.05) is 12.1 Å². The normalized spacial score (nSPS) is 20.8. The van der Waals surface area contributed by atoms with E-state index in [9.17, 15) is 13.6 Å². The summed E-state index contributed by atoms with van der Waals surface area (Å²) in [5, 5.41) is 2.72. The van der Waals surface area contributed by atoms with Crippen molar-refractivity contribution in [1.29, 1.82) is 0 Å². The fourth-order valence-corrected chi connectivity index (χ4v) is 4.39. The highest BCUT2D eigenvalue weighted by Crippen LogP contribution is 2.48. The van der Waals surface area contributed by atoms with Gasteiger partial charge in [-0.3, -0.25) is 9.69 Å². The lowest BCUT2D eigenvalue weighted by atomic mass is 9.84. The Morgan fingerprint density at radius 2 is 1.90 bits per heavy atom. The van der Waals surface area contributed by atoms with Crippen molar-refractivity contribution in [3.05, 3.63) is 64.7 Å². The van der Waals surface area contributed by atoms with Crippen molar-refractivity contribution in [2.45, 2.75) is 39.0 Å². The molecule has 2 aliphatic rings. The molecule has 0 spiro atoms. The van der Waals surface area contributed by atoms with Gasteiger partial charge in [0.1, 0.15) is 5.84 Å². The minimum absolute atomic E-state index is 0.0311. The Bertz CT molecular complexity index is 1090. The second-order valence-electron chi connectivity index (χ2n) is 8.42. The number of amides is 1. The number of aliphatic imine (C=N–C) groups is 1. The molecule has 0 unspecified atom stereocenters. The van der Waals surface area contributed by atoms with Crippen molar-refractivity contribution in [3.8, 4) is 0 Å². The summed E-state index contributed by atoms with van der Waals surface area (Å²) in [6.07, 6.45) is 2.10. The van der Waals surface area contributed by atoms with Crippen molar-refractivity contribution >= 4 is 29.2 Å². The van der Waals surface area contributed by atoms with E-state index in [0.29, 0.717) is 24.4 Å². The molecule has 2 aliphatic heterocycles. The van der Waals surface area contributed by atoms with E-state index in [1.165, 1.54) is 0 Å². The van der Waals surface area contributed by atoms with Gasteiger partial charge in [-0.1, -0.05) is 30.3 Å². The Morgan fingerprint density at radius 1 is 1.13 bits per heavy atom. The van der Waals surface area contributed by atoms with Gasteiger partial charge in [0.05, 0.1) is 23.3 Å². The number of carbonyl (C=O) groups is 1. The van der Waals surface area contributed by atoms with Crippen LogP contribution in [0.15, 0.2) is 47.5 Å². The zero-order valence-electron chi connectivity index (χ0n) is 17.6. The molecular formula is C24H25F2N3O. The number of rotatable bonds is 3. The number of carbonyl (C=O) groups excluding carboxylic acids is 1. The number of fused-ring (bicyclic) bond motifs is 1. The molecule has 2 aromatic carbocycles. The molecule has 156 valence electrons. The number of anilines is 2. The summed E-state index contributed by atoms with van der Waals surface area (Å²) >= 11 is 0. The van der Waals surface area contributed by atoms with Gasteiger partial charge in [0.25, 0.3) is 5.92 Å². The van der Waals surface area contributed by atoms with Gasteiger partial charge >= 0.3 is 0 Å². The maximum absolute atomic E-state index is 14.6. The van der Waals surface area contributed by atoms with E-state index in [0.717, 1.165) is 28.1 Å². The lowest BCUT2D eigenvalue weighted by Crippen LogP contribution is -2.38. The topological polar surface area (TPSA) is 44.7 Å². The Balaban J connectivity index is 1.96. The van der Waals surface area contributed by atoms with Gasteiger partial charge in [-0.25, -0.2) is 4.99 Å². The predicted molar refractivity (Wildman–Crippen MR) is 117 cm³/mol. The molecule has 30 heavy (non-hydrogen) atoms. The fraction of sp³-hybridized carbons (Fsp3) is 0.333. The van der Waals surface area contributed by atoms with Crippen LogP contribution in [0.4, 0.5) is 20.2 Å². The van der Waals surface area contributed by atoms with Crippen LogP contribution in [0.1, 0.15) is 36.1 Å². The number of alkyl halides is 2. The Kier molecular flexibility index (Phi) is 4.85. The summed E-state index contributed by atoms with van der Waals surface area (Å²) in [4.78, 5) is 17.5. The maximum atomic E-state index is 14.6. The molecule has 4 rings (SSSR count). The van der Waals surface area contributed by atoms with Gasteiger partial charge in [-0.05, 0) is 62.1 Å². The average molecular weight is 409 g/mol. The number of hydrogen-bond acceptors (Lipinski definition) is 2. The van der Waals surface area contributed by atoms with Crippen LogP contribution in [0.2, 0.25) is 0 Å². The van der Waals surface area contributed by atoms with Crippen LogP contribution < -0.4 is 10.2 Å². The summed E-state index contributed by atoms with van der Waals surface area (Å²) in [5.41, 5.74) is 4.75. The summed E-state index contributed by atoms with van der Waals surface area (Å²) < 4.78 is 29.2. The highest BCUT2D eigenvalue weighted by Gasteiger charge is 2.44. The maximum Gasteiger partial charge on any atom is 0.285 e. The molecule has 0 bridgehead atoms. The predicted octanol–water partition coefficient (Wildman–Crippen LogP) is 4.91. The largest absolute Gasteiger partial charge is 0.307 e. The fourth-order valence-electron chi connectivity index (χ4n) is 4.39. The molecule has 2 heterocycles. The van der Waals surface area contributed by atoms with E-state index in [1.54, 1.807) is 18.2 Å². The lowest BCUT2D eigenvalue weighted by molar-refractivity contribution is -0.106. The molecule has 0 saturated carbocycles. The SMILES string of the molecule is Cc1cccc(N2C(=NC=O)C(C)(C)c3ccc(C4=CCNCC4(F)F)cc32)c1C. The van der Waals surface area contributed by atoms with Crippen LogP contribution in [0.3, 0.4) is 0 Å². The molecule has 0 fully saturated rings. The smallest absolute Gasteiger partial charge is 0.285 e. The third kappa shape index (κ3) is 3.06. The second kappa shape index (κ2) is 7.13. The number of amidine groups is 1. The number of benzene rings is 2. The highest BCUT2D eigenvalue weighted by molar-refractivity contribution is 6.17. The van der Waals surface area contributed by atoms with Crippen LogP contribution in [-0.4, -0.2) is 31.3 Å². The molecule has 1 N–H and O–H groups in total. The average Bonchev–Trinajstić information content (AvgIpc) is 2.91.